The zero-order valence-corrected chi connectivity index (χ0v) is 10.2. The van der Waals surface area contributed by atoms with Crippen LogP contribution in [0.15, 0.2) is 5.51 Å². The zero-order valence-electron chi connectivity index (χ0n) is 9.37. The SMILES string of the molecule is CC(Nc1nncs1)C(=O)NC(C)(C)C. The van der Waals surface area contributed by atoms with Gasteiger partial charge in [0.05, 0.1) is 0 Å². The summed E-state index contributed by atoms with van der Waals surface area (Å²) in [6.07, 6.45) is 0. The van der Waals surface area contributed by atoms with Crippen LogP contribution in [-0.4, -0.2) is 27.7 Å². The summed E-state index contributed by atoms with van der Waals surface area (Å²) < 4.78 is 0. The molecule has 0 bridgehead atoms. The van der Waals surface area contributed by atoms with Gasteiger partial charge in [-0.3, -0.25) is 4.79 Å². The molecule has 0 spiro atoms. The lowest BCUT2D eigenvalue weighted by Gasteiger charge is -2.23. The molecule has 0 aliphatic carbocycles. The van der Waals surface area contributed by atoms with Gasteiger partial charge in [-0.25, -0.2) is 0 Å². The first-order chi connectivity index (χ1) is 6.88. The summed E-state index contributed by atoms with van der Waals surface area (Å²) in [5.74, 6) is -0.0438. The Morgan fingerprint density at radius 1 is 1.53 bits per heavy atom. The smallest absolute Gasteiger partial charge is 0.242 e. The molecule has 0 aliphatic rings. The quantitative estimate of drug-likeness (QED) is 0.817. The minimum absolute atomic E-state index is 0.0438. The molecule has 15 heavy (non-hydrogen) atoms. The van der Waals surface area contributed by atoms with E-state index in [0.29, 0.717) is 5.13 Å². The Kier molecular flexibility index (Phi) is 3.62. The Balaban J connectivity index is 2.47. The third-order valence-corrected chi connectivity index (χ3v) is 2.21. The fraction of sp³-hybridized carbons (Fsp3) is 0.667. The van der Waals surface area contributed by atoms with Crippen molar-refractivity contribution in [3.8, 4) is 0 Å². The molecule has 84 valence electrons. The van der Waals surface area contributed by atoms with Gasteiger partial charge < -0.3 is 10.6 Å². The average Bonchev–Trinajstić information content (AvgIpc) is 2.53. The summed E-state index contributed by atoms with van der Waals surface area (Å²) in [7, 11) is 0. The van der Waals surface area contributed by atoms with Crippen LogP contribution < -0.4 is 10.6 Å². The molecule has 1 amide bonds. The van der Waals surface area contributed by atoms with E-state index in [1.165, 1.54) is 11.3 Å². The van der Waals surface area contributed by atoms with Crippen LogP contribution in [0, 0.1) is 0 Å². The van der Waals surface area contributed by atoms with Crippen LogP contribution in [0.5, 0.6) is 0 Å². The number of anilines is 1. The van der Waals surface area contributed by atoms with Gasteiger partial charge in [0.15, 0.2) is 0 Å². The number of nitrogens with zero attached hydrogens (tertiary/aromatic N) is 2. The van der Waals surface area contributed by atoms with Crippen LogP contribution in [0.2, 0.25) is 0 Å². The van der Waals surface area contributed by atoms with Crippen molar-refractivity contribution in [1.82, 2.24) is 15.5 Å². The van der Waals surface area contributed by atoms with Crippen molar-refractivity contribution in [2.45, 2.75) is 39.3 Å². The van der Waals surface area contributed by atoms with Crippen molar-refractivity contribution in [2.75, 3.05) is 5.32 Å². The highest BCUT2D eigenvalue weighted by atomic mass is 32.1. The molecule has 1 heterocycles. The molecule has 0 aliphatic heterocycles. The summed E-state index contributed by atoms with van der Waals surface area (Å²) in [4.78, 5) is 11.7. The van der Waals surface area contributed by atoms with E-state index >= 15 is 0 Å². The highest BCUT2D eigenvalue weighted by Crippen LogP contribution is 2.10. The molecule has 6 heteroatoms. The van der Waals surface area contributed by atoms with E-state index in [1.54, 1.807) is 12.4 Å². The predicted octanol–water partition coefficient (Wildman–Crippen LogP) is 1.25. The number of aromatic nitrogens is 2. The normalized spacial score (nSPS) is 13.3. The molecule has 5 nitrogen and oxygen atoms in total. The van der Waals surface area contributed by atoms with Gasteiger partial charge in [0.1, 0.15) is 11.6 Å². The topological polar surface area (TPSA) is 66.9 Å². The Morgan fingerprint density at radius 3 is 2.67 bits per heavy atom. The van der Waals surface area contributed by atoms with Crippen LogP contribution in [0.1, 0.15) is 27.7 Å². The van der Waals surface area contributed by atoms with E-state index in [-0.39, 0.29) is 17.5 Å². The molecule has 1 rings (SSSR count). The second-order valence-electron chi connectivity index (χ2n) is 4.35. The van der Waals surface area contributed by atoms with Crippen molar-refractivity contribution in [1.29, 1.82) is 0 Å². The fourth-order valence-electron chi connectivity index (χ4n) is 0.965. The number of hydrogen-bond acceptors (Lipinski definition) is 5. The first-order valence-electron chi connectivity index (χ1n) is 4.73. The summed E-state index contributed by atoms with van der Waals surface area (Å²) in [6, 6.07) is -0.308. The maximum Gasteiger partial charge on any atom is 0.242 e. The number of rotatable bonds is 3. The summed E-state index contributed by atoms with van der Waals surface area (Å²) in [6.45, 7) is 7.64. The number of amides is 1. The van der Waals surface area contributed by atoms with Crippen molar-refractivity contribution >= 4 is 22.4 Å². The first-order valence-corrected chi connectivity index (χ1v) is 5.61. The molecule has 1 aromatic heterocycles. The Labute approximate surface area is 93.3 Å². The molecular formula is C9H16N4OS. The van der Waals surface area contributed by atoms with Crippen molar-refractivity contribution in [3.05, 3.63) is 5.51 Å². The molecular weight excluding hydrogens is 212 g/mol. The van der Waals surface area contributed by atoms with Gasteiger partial charge >= 0.3 is 0 Å². The Morgan fingerprint density at radius 2 is 2.20 bits per heavy atom. The molecule has 0 fully saturated rings. The number of carbonyl (C=O) groups excluding carboxylic acids is 1. The monoisotopic (exact) mass is 228 g/mol. The largest absolute Gasteiger partial charge is 0.350 e. The second kappa shape index (κ2) is 4.57. The van der Waals surface area contributed by atoms with Gasteiger partial charge in [-0.1, -0.05) is 11.3 Å². The lowest BCUT2D eigenvalue weighted by Crippen LogP contribution is -2.47. The third kappa shape index (κ3) is 4.24. The average molecular weight is 228 g/mol. The molecule has 2 N–H and O–H groups in total. The number of carbonyl (C=O) groups is 1. The van der Waals surface area contributed by atoms with E-state index in [2.05, 4.69) is 20.8 Å². The minimum Gasteiger partial charge on any atom is -0.350 e. The second-order valence-corrected chi connectivity index (χ2v) is 5.18. The summed E-state index contributed by atoms with van der Waals surface area (Å²) in [5, 5.41) is 14.0. The molecule has 1 atom stereocenters. The number of hydrogen-bond donors (Lipinski definition) is 2. The third-order valence-electron chi connectivity index (χ3n) is 1.59. The fourth-order valence-corrected chi connectivity index (χ4v) is 1.50. The zero-order chi connectivity index (χ0) is 11.5. The lowest BCUT2D eigenvalue weighted by molar-refractivity contribution is -0.122. The molecule has 0 aromatic carbocycles. The van der Waals surface area contributed by atoms with Gasteiger partial charge in [-0.2, -0.15) is 0 Å². The highest BCUT2D eigenvalue weighted by molar-refractivity contribution is 7.13. The predicted molar refractivity (Wildman–Crippen MR) is 60.9 cm³/mol. The molecule has 0 saturated heterocycles. The van der Waals surface area contributed by atoms with E-state index in [9.17, 15) is 4.79 Å². The molecule has 1 aromatic rings. The van der Waals surface area contributed by atoms with Crippen LogP contribution in [0.4, 0.5) is 5.13 Å². The Hall–Kier alpha value is -1.17. The van der Waals surface area contributed by atoms with Gasteiger partial charge in [-0.15, -0.1) is 10.2 Å². The summed E-state index contributed by atoms with van der Waals surface area (Å²) >= 11 is 1.37. The van der Waals surface area contributed by atoms with Gasteiger partial charge in [0, 0.05) is 5.54 Å². The van der Waals surface area contributed by atoms with Crippen molar-refractivity contribution in [2.24, 2.45) is 0 Å². The van der Waals surface area contributed by atoms with Gasteiger partial charge in [0.25, 0.3) is 0 Å². The van der Waals surface area contributed by atoms with Crippen LogP contribution in [0.25, 0.3) is 0 Å². The summed E-state index contributed by atoms with van der Waals surface area (Å²) in [5.41, 5.74) is 1.41. The van der Waals surface area contributed by atoms with Crippen molar-refractivity contribution < 1.29 is 4.79 Å². The van der Waals surface area contributed by atoms with E-state index in [1.807, 2.05) is 20.8 Å². The maximum atomic E-state index is 11.7. The number of nitrogens with one attached hydrogen (secondary N) is 2. The Bertz CT molecular complexity index is 317. The lowest BCUT2D eigenvalue weighted by atomic mass is 10.1. The van der Waals surface area contributed by atoms with Crippen molar-refractivity contribution in [3.63, 3.8) is 0 Å². The van der Waals surface area contributed by atoms with Crippen LogP contribution >= 0.6 is 11.3 Å². The maximum absolute atomic E-state index is 11.7. The van der Waals surface area contributed by atoms with E-state index in [4.69, 9.17) is 0 Å². The minimum atomic E-state index is -0.308. The first kappa shape index (κ1) is 11.9. The van der Waals surface area contributed by atoms with Gasteiger partial charge in [0.2, 0.25) is 11.0 Å². The van der Waals surface area contributed by atoms with Crippen LogP contribution in [0.3, 0.4) is 0 Å². The van der Waals surface area contributed by atoms with E-state index < -0.39 is 0 Å². The van der Waals surface area contributed by atoms with Crippen LogP contribution in [-0.2, 0) is 4.79 Å². The molecule has 0 radical (unpaired) electrons. The van der Waals surface area contributed by atoms with Gasteiger partial charge in [-0.05, 0) is 27.7 Å². The standard InChI is InChI=1S/C9H16N4OS/c1-6(7(14)12-9(2,3)4)11-8-13-10-5-15-8/h5-6H,1-4H3,(H,11,13)(H,12,14). The van der Waals surface area contributed by atoms with E-state index in [0.717, 1.165) is 0 Å². The highest BCUT2D eigenvalue weighted by Gasteiger charge is 2.19. The molecule has 0 saturated carbocycles. The molecule has 1 unspecified atom stereocenters.